The Morgan fingerprint density at radius 2 is 1.59 bits per heavy atom. The third-order valence-electron chi connectivity index (χ3n) is 4.36. The van der Waals surface area contributed by atoms with Crippen LogP contribution in [0.4, 0.5) is 0 Å². The van der Waals surface area contributed by atoms with Crippen LogP contribution in [0, 0.1) is 11.3 Å². The Balaban J connectivity index is 1.73. The van der Waals surface area contributed by atoms with Crippen molar-refractivity contribution in [3.63, 3.8) is 0 Å². The molecule has 0 saturated heterocycles. The van der Waals surface area contributed by atoms with Crippen LogP contribution in [0.25, 0.3) is 11.3 Å². The quantitative estimate of drug-likeness (QED) is 0.436. The molecule has 0 fully saturated rings. The van der Waals surface area contributed by atoms with Crippen LogP contribution in [0.2, 0.25) is 0 Å². The van der Waals surface area contributed by atoms with Crippen LogP contribution in [0.3, 0.4) is 0 Å². The van der Waals surface area contributed by atoms with E-state index in [4.69, 9.17) is 15.4 Å². The number of thiazole rings is 1. The highest BCUT2D eigenvalue weighted by atomic mass is 32.1. The molecule has 0 aliphatic heterocycles. The van der Waals surface area contributed by atoms with Crippen molar-refractivity contribution in [2.45, 2.75) is 6.54 Å². The molecule has 140 valence electrons. The Hall–Kier alpha value is -3.75. The van der Waals surface area contributed by atoms with Crippen LogP contribution < -0.4 is 4.80 Å². The molecule has 0 saturated carbocycles. The van der Waals surface area contributed by atoms with Crippen LogP contribution in [-0.4, -0.2) is 10.9 Å². The zero-order valence-corrected chi connectivity index (χ0v) is 16.5. The summed E-state index contributed by atoms with van der Waals surface area (Å²) in [6.07, 6.45) is 1.79. The Morgan fingerprint density at radius 3 is 2.28 bits per heavy atom. The first-order valence-electron chi connectivity index (χ1n) is 9.18. The molecule has 3 aromatic carbocycles. The maximum atomic E-state index is 8.96. The lowest BCUT2D eigenvalue weighted by Crippen LogP contribution is -2.12. The first-order chi connectivity index (χ1) is 14.3. The molecule has 4 nitrogen and oxygen atoms in total. The van der Waals surface area contributed by atoms with E-state index in [1.54, 1.807) is 29.7 Å². The molecule has 0 aliphatic carbocycles. The Morgan fingerprint density at radius 1 is 0.897 bits per heavy atom. The average Bonchev–Trinajstić information content (AvgIpc) is 3.20. The molecule has 4 rings (SSSR count). The Labute approximate surface area is 173 Å². The molecule has 4 aromatic rings. The number of hydrogen-bond donors (Lipinski definition) is 0. The summed E-state index contributed by atoms with van der Waals surface area (Å²) in [6.45, 7) is 0.599. The minimum Gasteiger partial charge on any atom is -0.253 e. The fraction of sp³-hybridized carbons (Fsp3) is 0.0417. The molecular formula is C24H18N4S. The second-order valence-electron chi connectivity index (χ2n) is 6.36. The topological polar surface area (TPSA) is 53.4 Å². The van der Waals surface area contributed by atoms with Gasteiger partial charge in [0.2, 0.25) is 4.80 Å². The van der Waals surface area contributed by atoms with Crippen molar-refractivity contribution in [1.82, 2.24) is 4.68 Å². The van der Waals surface area contributed by atoms with Crippen molar-refractivity contribution in [2.75, 3.05) is 0 Å². The minimum atomic E-state index is 0.599. The summed E-state index contributed by atoms with van der Waals surface area (Å²) < 4.78 is 1.88. The zero-order chi connectivity index (χ0) is 19.9. The lowest BCUT2D eigenvalue weighted by Gasteiger charge is -2.03. The van der Waals surface area contributed by atoms with E-state index in [1.807, 2.05) is 53.2 Å². The predicted molar refractivity (Wildman–Crippen MR) is 118 cm³/mol. The lowest BCUT2D eigenvalue weighted by atomic mass is 10.2. The molecule has 1 heterocycles. The summed E-state index contributed by atoms with van der Waals surface area (Å²) in [6, 6.07) is 29.8. The van der Waals surface area contributed by atoms with Gasteiger partial charge in [0.25, 0.3) is 0 Å². The molecule has 0 N–H and O–H groups in total. The average molecular weight is 395 g/mol. The third kappa shape index (κ3) is 4.57. The van der Waals surface area contributed by atoms with Gasteiger partial charge in [-0.1, -0.05) is 72.8 Å². The highest BCUT2D eigenvalue weighted by molar-refractivity contribution is 7.07. The van der Waals surface area contributed by atoms with E-state index < -0.39 is 0 Å². The van der Waals surface area contributed by atoms with Gasteiger partial charge in [-0.3, -0.25) is 4.99 Å². The molecule has 0 radical (unpaired) electrons. The van der Waals surface area contributed by atoms with Crippen molar-refractivity contribution in [3.05, 3.63) is 112 Å². The summed E-state index contributed by atoms with van der Waals surface area (Å²) in [5.41, 5.74) is 4.79. The molecule has 0 aliphatic rings. The van der Waals surface area contributed by atoms with E-state index >= 15 is 0 Å². The molecule has 0 bridgehead atoms. The fourth-order valence-corrected chi connectivity index (χ4v) is 3.67. The smallest absolute Gasteiger partial charge is 0.206 e. The maximum Gasteiger partial charge on any atom is 0.206 e. The second-order valence-corrected chi connectivity index (χ2v) is 7.20. The minimum absolute atomic E-state index is 0.599. The molecule has 0 atom stereocenters. The third-order valence-corrected chi connectivity index (χ3v) is 5.21. The molecule has 0 spiro atoms. The van der Waals surface area contributed by atoms with E-state index in [1.165, 1.54) is 0 Å². The van der Waals surface area contributed by atoms with E-state index in [9.17, 15) is 0 Å². The van der Waals surface area contributed by atoms with Gasteiger partial charge in [0.1, 0.15) is 0 Å². The molecule has 5 heteroatoms. The van der Waals surface area contributed by atoms with Gasteiger partial charge in [0, 0.05) is 10.9 Å². The van der Waals surface area contributed by atoms with Crippen molar-refractivity contribution in [1.29, 1.82) is 5.26 Å². The summed E-state index contributed by atoms with van der Waals surface area (Å²) in [4.78, 5) is 5.62. The largest absolute Gasteiger partial charge is 0.253 e. The first kappa shape index (κ1) is 18.6. The van der Waals surface area contributed by atoms with Crippen LogP contribution >= 0.6 is 11.3 Å². The highest BCUT2D eigenvalue weighted by Gasteiger charge is 2.07. The normalized spacial score (nSPS) is 11.6. The molecular weight excluding hydrogens is 376 g/mol. The zero-order valence-electron chi connectivity index (χ0n) is 15.6. The van der Waals surface area contributed by atoms with E-state index in [2.05, 4.69) is 35.7 Å². The van der Waals surface area contributed by atoms with Gasteiger partial charge in [-0.05, 0) is 23.3 Å². The Bertz CT molecular complexity index is 1210. The lowest BCUT2D eigenvalue weighted by molar-refractivity contribution is 0.824. The maximum absolute atomic E-state index is 8.96. The molecule has 0 amide bonds. The van der Waals surface area contributed by atoms with E-state index in [-0.39, 0.29) is 0 Å². The summed E-state index contributed by atoms with van der Waals surface area (Å²) in [5, 5.41) is 15.7. The SMILES string of the molecule is N#Cc1ccc(C=Nn2c(-c3ccccc3)csc2=NCc2ccccc2)cc1. The molecule has 1 aromatic heterocycles. The summed E-state index contributed by atoms with van der Waals surface area (Å²) in [7, 11) is 0. The number of aromatic nitrogens is 1. The number of nitrogens with zero attached hydrogens (tertiary/aromatic N) is 4. The fourth-order valence-electron chi connectivity index (χ4n) is 2.84. The van der Waals surface area contributed by atoms with Crippen LogP contribution in [0.15, 0.2) is 100 Å². The van der Waals surface area contributed by atoms with Crippen molar-refractivity contribution in [3.8, 4) is 17.3 Å². The summed E-state index contributed by atoms with van der Waals surface area (Å²) in [5.74, 6) is 0. The van der Waals surface area contributed by atoms with Crippen LogP contribution in [-0.2, 0) is 6.54 Å². The van der Waals surface area contributed by atoms with Crippen LogP contribution in [0.5, 0.6) is 0 Å². The highest BCUT2D eigenvalue weighted by Crippen LogP contribution is 2.19. The van der Waals surface area contributed by atoms with Gasteiger partial charge in [-0.15, -0.1) is 11.3 Å². The van der Waals surface area contributed by atoms with Crippen molar-refractivity contribution >= 4 is 17.6 Å². The number of benzene rings is 3. The van der Waals surface area contributed by atoms with Crippen molar-refractivity contribution in [2.24, 2.45) is 10.1 Å². The van der Waals surface area contributed by atoms with Gasteiger partial charge in [0.15, 0.2) is 0 Å². The van der Waals surface area contributed by atoms with E-state index in [0.717, 1.165) is 27.2 Å². The molecule has 29 heavy (non-hydrogen) atoms. The first-order valence-corrected chi connectivity index (χ1v) is 10.1. The molecule has 0 unspecified atom stereocenters. The van der Waals surface area contributed by atoms with E-state index in [0.29, 0.717) is 12.1 Å². The number of hydrogen-bond acceptors (Lipinski definition) is 4. The summed E-state index contributed by atoms with van der Waals surface area (Å²) >= 11 is 1.57. The Kier molecular flexibility index (Phi) is 5.75. The van der Waals surface area contributed by atoms with Gasteiger partial charge in [0.05, 0.1) is 30.1 Å². The second kappa shape index (κ2) is 8.96. The van der Waals surface area contributed by atoms with Gasteiger partial charge in [-0.25, -0.2) is 4.68 Å². The standard InChI is InChI=1S/C24H18N4S/c25-15-19-11-13-21(14-12-19)17-27-28-23(22-9-5-2-6-10-22)18-29-24(28)26-16-20-7-3-1-4-8-20/h1-14,17-18H,16H2. The van der Waals surface area contributed by atoms with Gasteiger partial charge in [-0.2, -0.15) is 10.4 Å². The number of nitriles is 1. The van der Waals surface area contributed by atoms with Crippen molar-refractivity contribution < 1.29 is 0 Å². The monoisotopic (exact) mass is 394 g/mol. The van der Waals surface area contributed by atoms with Gasteiger partial charge >= 0.3 is 0 Å². The number of rotatable bonds is 5. The predicted octanol–water partition coefficient (Wildman–Crippen LogP) is 5.07. The van der Waals surface area contributed by atoms with Gasteiger partial charge < -0.3 is 0 Å². The van der Waals surface area contributed by atoms with Crippen LogP contribution in [0.1, 0.15) is 16.7 Å².